The summed E-state index contributed by atoms with van der Waals surface area (Å²) in [6.07, 6.45) is 0. The Labute approximate surface area is 139 Å². The molecule has 1 aromatic rings. The molecule has 0 aliphatic carbocycles. The number of rotatable bonds is 6. The van der Waals surface area contributed by atoms with Crippen LogP contribution in [-0.2, 0) is 14.3 Å². The second-order valence-corrected chi connectivity index (χ2v) is 5.58. The highest BCUT2D eigenvalue weighted by molar-refractivity contribution is 8.14. The molecule has 0 atom stereocenters. The van der Waals surface area contributed by atoms with Crippen molar-refractivity contribution in [3.8, 4) is 0 Å². The summed E-state index contributed by atoms with van der Waals surface area (Å²) in [6, 6.07) is 2.33. The lowest BCUT2D eigenvalue weighted by atomic mass is 10.2. The van der Waals surface area contributed by atoms with Gasteiger partial charge >= 0.3 is 5.97 Å². The molecule has 24 heavy (non-hydrogen) atoms. The van der Waals surface area contributed by atoms with Gasteiger partial charge in [0.15, 0.2) is 6.61 Å². The van der Waals surface area contributed by atoms with Crippen LogP contribution in [0.15, 0.2) is 18.2 Å². The van der Waals surface area contributed by atoms with E-state index in [9.17, 15) is 28.0 Å². The van der Waals surface area contributed by atoms with Gasteiger partial charge in [0.05, 0.1) is 11.3 Å². The third-order valence-corrected chi connectivity index (χ3v) is 3.84. The van der Waals surface area contributed by atoms with E-state index in [0.29, 0.717) is 6.07 Å². The van der Waals surface area contributed by atoms with Crippen LogP contribution in [0.2, 0.25) is 0 Å². The Hall–Kier alpha value is -2.49. The third-order valence-electron chi connectivity index (χ3n) is 2.98. The van der Waals surface area contributed by atoms with Crippen LogP contribution >= 0.6 is 11.8 Å². The van der Waals surface area contributed by atoms with E-state index in [1.165, 1.54) is 0 Å². The van der Waals surface area contributed by atoms with Gasteiger partial charge in [-0.3, -0.25) is 19.3 Å². The van der Waals surface area contributed by atoms with E-state index >= 15 is 0 Å². The van der Waals surface area contributed by atoms with Gasteiger partial charge in [-0.1, -0.05) is 11.8 Å². The largest absolute Gasteiger partial charge is 0.452 e. The van der Waals surface area contributed by atoms with Crippen molar-refractivity contribution in [1.29, 1.82) is 0 Å². The number of hydrogen-bond acceptors (Lipinski definition) is 6. The van der Waals surface area contributed by atoms with Gasteiger partial charge in [0, 0.05) is 19.2 Å². The van der Waals surface area contributed by atoms with Crippen molar-refractivity contribution in [2.45, 2.75) is 0 Å². The Morgan fingerprint density at radius 1 is 1.29 bits per heavy atom. The number of benzene rings is 1. The molecule has 1 saturated heterocycles. The molecule has 0 bridgehead atoms. The number of imide groups is 1. The van der Waals surface area contributed by atoms with Gasteiger partial charge < -0.3 is 10.1 Å². The monoisotopic (exact) mass is 358 g/mol. The van der Waals surface area contributed by atoms with E-state index in [4.69, 9.17) is 0 Å². The summed E-state index contributed by atoms with van der Waals surface area (Å²) in [6.45, 7) is -0.664. The summed E-state index contributed by atoms with van der Waals surface area (Å²) in [5.74, 6) is -3.98. The highest BCUT2D eigenvalue weighted by atomic mass is 32.2. The minimum absolute atomic E-state index is 0.000662. The fraction of sp³-hybridized carbons (Fsp3) is 0.286. The lowest BCUT2D eigenvalue weighted by Gasteiger charge is -2.13. The molecule has 1 fully saturated rings. The van der Waals surface area contributed by atoms with Gasteiger partial charge in [0.2, 0.25) is 5.91 Å². The fourth-order valence-electron chi connectivity index (χ4n) is 1.82. The Balaban J connectivity index is 1.74. The van der Waals surface area contributed by atoms with Gasteiger partial charge in [0.25, 0.3) is 11.1 Å². The summed E-state index contributed by atoms with van der Waals surface area (Å²) < 4.78 is 30.7. The zero-order valence-electron chi connectivity index (χ0n) is 12.2. The van der Waals surface area contributed by atoms with Crippen LogP contribution in [-0.4, -0.2) is 53.4 Å². The summed E-state index contributed by atoms with van der Waals surface area (Å²) in [7, 11) is 0. The maximum atomic E-state index is 13.4. The quantitative estimate of drug-likeness (QED) is 0.761. The van der Waals surface area contributed by atoms with Crippen LogP contribution in [0.5, 0.6) is 0 Å². The standard InChI is InChI=1S/C14H12F2N2O5S/c15-8-1-2-9(10(16)5-8)13(21)23-6-11(19)17-3-4-18-12(20)7-24-14(18)22/h1-2,5H,3-4,6-7H2,(H,17,19). The van der Waals surface area contributed by atoms with Gasteiger partial charge in [-0.05, 0) is 12.1 Å². The molecule has 2 rings (SSSR count). The van der Waals surface area contributed by atoms with E-state index in [0.717, 1.165) is 28.8 Å². The topological polar surface area (TPSA) is 92.8 Å². The zero-order chi connectivity index (χ0) is 17.7. The Morgan fingerprint density at radius 3 is 2.67 bits per heavy atom. The maximum absolute atomic E-state index is 13.4. The van der Waals surface area contributed by atoms with Crippen molar-refractivity contribution in [3.05, 3.63) is 35.4 Å². The zero-order valence-corrected chi connectivity index (χ0v) is 13.0. The number of thioether (sulfide) groups is 1. The highest BCUT2D eigenvalue weighted by Gasteiger charge is 2.29. The molecule has 1 aliphatic rings. The Morgan fingerprint density at radius 2 is 2.04 bits per heavy atom. The number of carbonyl (C=O) groups excluding carboxylic acids is 4. The molecule has 0 unspecified atom stereocenters. The summed E-state index contributed by atoms with van der Waals surface area (Å²) in [4.78, 5) is 46.7. The van der Waals surface area contributed by atoms with Gasteiger partial charge in [-0.15, -0.1) is 0 Å². The molecule has 1 aromatic carbocycles. The molecule has 0 spiro atoms. The third kappa shape index (κ3) is 4.51. The van der Waals surface area contributed by atoms with Crippen molar-refractivity contribution in [3.63, 3.8) is 0 Å². The number of hydrogen-bond donors (Lipinski definition) is 1. The first-order valence-electron chi connectivity index (χ1n) is 6.74. The first kappa shape index (κ1) is 17.9. The number of amides is 3. The van der Waals surface area contributed by atoms with Crippen LogP contribution < -0.4 is 5.32 Å². The highest BCUT2D eigenvalue weighted by Crippen LogP contribution is 2.17. The average Bonchev–Trinajstić information content (AvgIpc) is 2.84. The summed E-state index contributed by atoms with van der Waals surface area (Å²) in [5, 5.41) is 1.97. The molecule has 0 aromatic heterocycles. The van der Waals surface area contributed by atoms with E-state index < -0.39 is 35.7 Å². The predicted octanol–water partition coefficient (Wildman–Crippen LogP) is 0.933. The summed E-state index contributed by atoms with van der Waals surface area (Å²) in [5.41, 5.74) is -0.491. The van der Waals surface area contributed by atoms with E-state index in [2.05, 4.69) is 10.1 Å². The number of halogens is 2. The Kier molecular flexibility index (Phi) is 5.85. The SMILES string of the molecule is O=C(COC(=O)c1ccc(F)cc1F)NCCN1C(=O)CSC1=O. The number of esters is 1. The van der Waals surface area contributed by atoms with Gasteiger partial charge in [-0.25, -0.2) is 13.6 Å². The molecule has 1 N–H and O–H groups in total. The minimum Gasteiger partial charge on any atom is -0.452 e. The molecule has 7 nitrogen and oxygen atoms in total. The number of ether oxygens (including phenoxy) is 1. The van der Waals surface area contributed by atoms with Crippen molar-refractivity contribution >= 4 is 34.8 Å². The molecular weight excluding hydrogens is 346 g/mol. The summed E-state index contributed by atoms with van der Waals surface area (Å²) >= 11 is 0.880. The van der Waals surface area contributed by atoms with Crippen LogP contribution in [0, 0.1) is 11.6 Å². The lowest BCUT2D eigenvalue weighted by Crippen LogP contribution is -2.38. The predicted molar refractivity (Wildman–Crippen MR) is 79.2 cm³/mol. The van der Waals surface area contributed by atoms with Crippen molar-refractivity contribution in [1.82, 2.24) is 10.2 Å². The van der Waals surface area contributed by atoms with Crippen LogP contribution in [0.25, 0.3) is 0 Å². The maximum Gasteiger partial charge on any atom is 0.341 e. The van der Waals surface area contributed by atoms with Crippen molar-refractivity contribution in [2.75, 3.05) is 25.4 Å². The normalized spacial score (nSPS) is 14.0. The number of nitrogens with one attached hydrogen (secondary N) is 1. The van der Waals surface area contributed by atoms with Crippen LogP contribution in [0.3, 0.4) is 0 Å². The second kappa shape index (κ2) is 7.86. The molecule has 128 valence electrons. The first-order chi connectivity index (χ1) is 11.4. The van der Waals surface area contributed by atoms with Crippen LogP contribution in [0.4, 0.5) is 13.6 Å². The molecule has 0 radical (unpaired) electrons. The average molecular weight is 358 g/mol. The van der Waals surface area contributed by atoms with Crippen molar-refractivity contribution < 1.29 is 32.7 Å². The van der Waals surface area contributed by atoms with E-state index in [1.54, 1.807) is 0 Å². The number of nitrogens with zero attached hydrogens (tertiary/aromatic N) is 1. The molecule has 1 heterocycles. The lowest BCUT2D eigenvalue weighted by molar-refractivity contribution is -0.126. The van der Waals surface area contributed by atoms with Gasteiger partial charge in [0.1, 0.15) is 11.6 Å². The first-order valence-corrected chi connectivity index (χ1v) is 7.73. The molecular formula is C14H12F2N2O5S. The molecule has 0 saturated carbocycles. The fourth-order valence-corrected chi connectivity index (χ4v) is 2.57. The number of carbonyl (C=O) groups is 4. The van der Waals surface area contributed by atoms with Crippen molar-refractivity contribution in [2.24, 2.45) is 0 Å². The second-order valence-electron chi connectivity index (χ2n) is 4.65. The van der Waals surface area contributed by atoms with E-state index in [1.807, 2.05) is 0 Å². The van der Waals surface area contributed by atoms with Crippen LogP contribution in [0.1, 0.15) is 10.4 Å². The Bertz CT molecular complexity index is 682. The molecule has 3 amide bonds. The van der Waals surface area contributed by atoms with Gasteiger partial charge in [-0.2, -0.15) is 0 Å². The molecule has 1 aliphatic heterocycles. The smallest absolute Gasteiger partial charge is 0.341 e. The van der Waals surface area contributed by atoms with E-state index in [-0.39, 0.29) is 30.0 Å². The minimum atomic E-state index is -1.11. The molecule has 10 heteroatoms.